The first-order chi connectivity index (χ1) is 13.6. The summed E-state index contributed by atoms with van der Waals surface area (Å²) < 4.78 is 1.67. The molecule has 4 rings (SSSR count). The molecule has 0 bridgehead atoms. The Kier molecular flexibility index (Phi) is 4.77. The van der Waals surface area contributed by atoms with Crippen LogP contribution in [0.3, 0.4) is 0 Å². The second-order valence-electron chi connectivity index (χ2n) is 6.56. The predicted octanol–water partition coefficient (Wildman–Crippen LogP) is 2.84. The van der Waals surface area contributed by atoms with Gasteiger partial charge in [-0.3, -0.25) is 4.79 Å². The Hall–Kier alpha value is -2.93. The molecule has 3 aromatic rings. The number of aryl methyl sites for hydroxylation is 1. The van der Waals surface area contributed by atoms with E-state index in [1.165, 1.54) is 11.8 Å². The summed E-state index contributed by atoms with van der Waals surface area (Å²) in [5.41, 5.74) is 3.74. The molecule has 0 aliphatic carbocycles. The highest BCUT2D eigenvalue weighted by Crippen LogP contribution is 2.41. The molecule has 1 aromatic heterocycles. The zero-order valence-electron chi connectivity index (χ0n) is 15.9. The Morgan fingerprint density at radius 1 is 1.21 bits per heavy atom. The van der Waals surface area contributed by atoms with Crippen LogP contribution in [-0.2, 0) is 4.79 Å². The lowest BCUT2D eigenvalue weighted by atomic mass is 9.98. The Morgan fingerprint density at radius 2 is 1.93 bits per heavy atom. The van der Waals surface area contributed by atoms with Crippen molar-refractivity contribution >= 4 is 23.4 Å². The second kappa shape index (κ2) is 7.24. The number of hydrogen-bond donors (Lipinski definition) is 0. The molecule has 7 heteroatoms. The highest BCUT2D eigenvalue weighted by Gasteiger charge is 2.44. The Morgan fingerprint density at radius 3 is 2.64 bits per heavy atom. The summed E-state index contributed by atoms with van der Waals surface area (Å²) in [4.78, 5) is 18.9. The Labute approximate surface area is 167 Å². The molecular weight excluding hydrogens is 372 g/mol. The lowest BCUT2D eigenvalue weighted by molar-refractivity contribution is -0.764. The van der Waals surface area contributed by atoms with Gasteiger partial charge in [-0.1, -0.05) is 53.7 Å². The van der Waals surface area contributed by atoms with Crippen LogP contribution >= 0.6 is 11.8 Å². The van der Waals surface area contributed by atoms with Gasteiger partial charge < -0.3 is 5.11 Å². The van der Waals surface area contributed by atoms with Crippen molar-refractivity contribution in [3.05, 3.63) is 59.7 Å². The fourth-order valence-corrected chi connectivity index (χ4v) is 3.96. The van der Waals surface area contributed by atoms with E-state index in [-0.39, 0.29) is 11.8 Å². The average Bonchev–Trinajstić information content (AvgIpc) is 2.72. The van der Waals surface area contributed by atoms with Crippen LogP contribution in [0.2, 0.25) is 0 Å². The summed E-state index contributed by atoms with van der Waals surface area (Å²) in [7, 11) is 0. The first kappa shape index (κ1) is 18.4. The number of anilines is 1. The number of thioether (sulfide) groups is 1. The van der Waals surface area contributed by atoms with Gasteiger partial charge in [-0.25, -0.2) is 9.88 Å². The van der Waals surface area contributed by atoms with Crippen LogP contribution in [0.15, 0.2) is 53.7 Å². The third-order valence-corrected chi connectivity index (χ3v) is 5.48. The molecule has 1 unspecified atom stereocenters. The molecule has 2 heterocycles. The largest absolute Gasteiger partial charge is 0.854 e. The van der Waals surface area contributed by atoms with E-state index in [4.69, 9.17) is 0 Å². The van der Waals surface area contributed by atoms with Crippen LogP contribution < -0.4 is 14.7 Å². The van der Waals surface area contributed by atoms with Crippen LogP contribution in [0.1, 0.15) is 30.6 Å². The van der Waals surface area contributed by atoms with E-state index in [0.29, 0.717) is 28.5 Å². The summed E-state index contributed by atoms with van der Waals surface area (Å²) in [6.45, 7) is 3.84. The van der Waals surface area contributed by atoms with Crippen LogP contribution in [-0.4, -0.2) is 22.2 Å². The van der Waals surface area contributed by atoms with Gasteiger partial charge in [-0.15, -0.1) is 0 Å². The summed E-state index contributed by atoms with van der Waals surface area (Å²) in [5.74, 6) is -0.371. The van der Waals surface area contributed by atoms with Crippen molar-refractivity contribution in [1.82, 2.24) is 10.1 Å². The molecule has 1 aliphatic rings. The molecule has 0 N–H and O–H groups in total. The van der Waals surface area contributed by atoms with E-state index >= 15 is 0 Å². The highest BCUT2D eigenvalue weighted by molar-refractivity contribution is 7.98. The van der Waals surface area contributed by atoms with Crippen molar-refractivity contribution in [2.45, 2.75) is 31.6 Å². The number of benzene rings is 2. The smallest absolute Gasteiger partial charge is 0.293 e. The quantitative estimate of drug-likeness (QED) is 0.506. The molecule has 0 saturated carbocycles. The SMILES string of the molecule is CCC(=O)N1c2ccccc2-c2c([O-])nc(SC)n[n+]2C1c1ccccc1C. The first-order valence-electron chi connectivity index (χ1n) is 9.08. The molecule has 6 nitrogen and oxygen atoms in total. The van der Waals surface area contributed by atoms with E-state index in [9.17, 15) is 9.90 Å². The van der Waals surface area contributed by atoms with Gasteiger partial charge in [-0.05, 0) is 36.9 Å². The Bertz CT molecular complexity index is 1070. The van der Waals surface area contributed by atoms with Crippen LogP contribution in [0, 0.1) is 6.92 Å². The van der Waals surface area contributed by atoms with E-state index in [2.05, 4.69) is 10.1 Å². The zero-order chi connectivity index (χ0) is 19.8. The fourth-order valence-electron chi connectivity index (χ4n) is 3.62. The molecule has 0 saturated heterocycles. The average molecular weight is 392 g/mol. The molecule has 142 valence electrons. The van der Waals surface area contributed by atoms with Gasteiger partial charge in [0.15, 0.2) is 0 Å². The lowest BCUT2D eigenvalue weighted by Crippen LogP contribution is -2.59. The normalized spacial score (nSPS) is 15.1. The number of fused-ring (bicyclic) bond motifs is 3. The van der Waals surface area contributed by atoms with Gasteiger partial charge in [0.05, 0.1) is 17.1 Å². The summed E-state index contributed by atoms with van der Waals surface area (Å²) in [5, 5.41) is 17.9. The van der Waals surface area contributed by atoms with E-state index in [0.717, 1.165) is 11.1 Å². The predicted molar refractivity (Wildman–Crippen MR) is 106 cm³/mol. The highest BCUT2D eigenvalue weighted by atomic mass is 32.2. The van der Waals surface area contributed by atoms with Gasteiger partial charge in [0, 0.05) is 17.1 Å². The molecule has 28 heavy (non-hydrogen) atoms. The monoisotopic (exact) mass is 392 g/mol. The number of nitrogens with zero attached hydrogens (tertiary/aromatic N) is 4. The molecule has 0 fully saturated rings. The maximum atomic E-state index is 13.1. The molecule has 1 atom stereocenters. The number of rotatable bonds is 3. The summed E-state index contributed by atoms with van der Waals surface area (Å²) >= 11 is 1.31. The van der Waals surface area contributed by atoms with Gasteiger partial charge in [-0.2, -0.15) is 0 Å². The van der Waals surface area contributed by atoms with Gasteiger partial charge in [0.2, 0.25) is 5.91 Å². The topological polar surface area (TPSA) is 73.0 Å². The maximum absolute atomic E-state index is 13.1. The molecule has 0 radical (unpaired) electrons. The minimum atomic E-state index is -0.542. The zero-order valence-corrected chi connectivity index (χ0v) is 16.7. The van der Waals surface area contributed by atoms with Crippen molar-refractivity contribution in [3.8, 4) is 17.1 Å². The van der Waals surface area contributed by atoms with E-state index in [1.54, 1.807) is 9.58 Å². The second-order valence-corrected chi connectivity index (χ2v) is 7.33. The van der Waals surface area contributed by atoms with Crippen LogP contribution in [0.4, 0.5) is 5.69 Å². The standard InChI is InChI=1S/C21H20N4O2S/c1-4-17(26)24-16-12-8-7-11-15(16)18-19(27)22-21(28-3)23-25(18)20(24)14-10-6-5-9-13(14)2/h5-12,20H,4H2,1-3H3. The van der Waals surface area contributed by atoms with Crippen molar-refractivity contribution in [1.29, 1.82) is 0 Å². The number of carbonyl (C=O) groups is 1. The number of hydrogen-bond acceptors (Lipinski definition) is 5. The van der Waals surface area contributed by atoms with Crippen molar-refractivity contribution in [2.24, 2.45) is 0 Å². The third kappa shape index (κ3) is 2.82. The number of para-hydroxylation sites is 1. The minimum absolute atomic E-state index is 0.0318. The van der Waals surface area contributed by atoms with Crippen molar-refractivity contribution in [3.63, 3.8) is 0 Å². The maximum Gasteiger partial charge on any atom is 0.293 e. The molecule has 2 aromatic carbocycles. The third-order valence-electron chi connectivity index (χ3n) is 4.94. The number of aromatic nitrogens is 3. The van der Waals surface area contributed by atoms with E-state index < -0.39 is 6.17 Å². The molecule has 0 spiro atoms. The van der Waals surface area contributed by atoms with Gasteiger partial charge in [0.1, 0.15) is 0 Å². The van der Waals surface area contributed by atoms with Crippen LogP contribution in [0.5, 0.6) is 5.88 Å². The summed E-state index contributed by atoms with van der Waals surface area (Å²) in [6, 6.07) is 15.3. The fraction of sp³-hybridized carbons (Fsp3) is 0.238. The Balaban J connectivity index is 2.10. The first-order valence-corrected chi connectivity index (χ1v) is 10.3. The van der Waals surface area contributed by atoms with Gasteiger partial charge in [0.25, 0.3) is 17.0 Å². The lowest BCUT2D eigenvalue weighted by Gasteiger charge is -2.33. The molecule has 1 aliphatic heterocycles. The van der Waals surface area contributed by atoms with Gasteiger partial charge >= 0.3 is 0 Å². The number of carbonyl (C=O) groups excluding carboxylic acids is 1. The summed E-state index contributed by atoms with van der Waals surface area (Å²) in [6.07, 6.45) is 1.63. The molecular formula is C21H20N4O2S. The minimum Gasteiger partial charge on any atom is -0.854 e. The van der Waals surface area contributed by atoms with Crippen molar-refractivity contribution < 1.29 is 14.6 Å². The van der Waals surface area contributed by atoms with Crippen LogP contribution in [0.25, 0.3) is 11.3 Å². The molecule has 1 amide bonds. The van der Waals surface area contributed by atoms with E-state index in [1.807, 2.05) is 68.6 Å². The van der Waals surface area contributed by atoms with Crippen molar-refractivity contribution in [2.75, 3.05) is 11.2 Å². The number of amides is 1.